The van der Waals surface area contributed by atoms with Gasteiger partial charge >= 0.3 is 0 Å². The highest BCUT2D eigenvalue weighted by molar-refractivity contribution is 9.10. The van der Waals surface area contributed by atoms with Gasteiger partial charge in [-0.2, -0.15) is 0 Å². The molecule has 0 saturated carbocycles. The van der Waals surface area contributed by atoms with Crippen LogP contribution in [0.5, 0.6) is 0 Å². The third-order valence-corrected chi connectivity index (χ3v) is 3.05. The number of carbonyl (C=O) groups is 2. The molecule has 4 nitrogen and oxygen atoms in total. The molecular weight excluding hydrogens is 308 g/mol. The molecule has 0 spiro atoms. The second-order valence-electron chi connectivity index (χ2n) is 4.87. The van der Waals surface area contributed by atoms with Crippen LogP contribution >= 0.6 is 15.9 Å². The molecule has 0 aliphatic heterocycles. The molecule has 0 saturated heterocycles. The summed E-state index contributed by atoms with van der Waals surface area (Å²) in [7, 11) is 1.62. The number of halogens is 1. The lowest BCUT2D eigenvalue weighted by Gasteiger charge is -2.17. The van der Waals surface area contributed by atoms with Crippen LogP contribution in [0.15, 0.2) is 28.7 Å². The average molecular weight is 327 g/mol. The molecule has 0 radical (unpaired) electrons. The van der Waals surface area contributed by atoms with E-state index in [1.165, 1.54) is 4.90 Å². The summed E-state index contributed by atoms with van der Waals surface area (Å²) < 4.78 is 0.918. The van der Waals surface area contributed by atoms with Crippen LogP contribution in [0.4, 0.5) is 0 Å². The zero-order valence-corrected chi connectivity index (χ0v) is 13.0. The zero-order valence-electron chi connectivity index (χ0n) is 11.4. The molecule has 0 aliphatic rings. The molecule has 0 heterocycles. The minimum absolute atomic E-state index is 0.0710. The van der Waals surface area contributed by atoms with E-state index in [0.717, 1.165) is 4.47 Å². The van der Waals surface area contributed by atoms with Gasteiger partial charge in [0.15, 0.2) is 0 Å². The van der Waals surface area contributed by atoms with Crippen LogP contribution in [0.3, 0.4) is 0 Å². The van der Waals surface area contributed by atoms with Gasteiger partial charge in [-0.1, -0.05) is 29.8 Å². The summed E-state index contributed by atoms with van der Waals surface area (Å²) in [6.07, 6.45) is 0. The van der Waals surface area contributed by atoms with Crippen molar-refractivity contribution in [3.63, 3.8) is 0 Å². The highest BCUT2D eigenvalue weighted by Crippen LogP contribution is 2.11. The van der Waals surface area contributed by atoms with Gasteiger partial charge in [0.25, 0.3) is 5.91 Å². The van der Waals surface area contributed by atoms with Crippen molar-refractivity contribution in [1.29, 1.82) is 0 Å². The number of amides is 2. The van der Waals surface area contributed by atoms with Gasteiger partial charge in [-0.05, 0) is 30.2 Å². The molecule has 19 heavy (non-hydrogen) atoms. The third-order valence-electron chi connectivity index (χ3n) is 2.53. The second kappa shape index (κ2) is 7.28. The Kier molecular flexibility index (Phi) is 6.02. The number of hydrogen-bond acceptors (Lipinski definition) is 2. The largest absolute Gasteiger partial charge is 0.354 e. The van der Waals surface area contributed by atoms with Crippen molar-refractivity contribution in [3.8, 4) is 0 Å². The molecule has 1 N–H and O–H groups in total. The minimum Gasteiger partial charge on any atom is -0.354 e. The summed E-state index contributed by atoms with van der Waals surface area (Å²) in [5.74, 6) is 0.102. The normalized spacial score (nSPS) is 10.4. The van der Waals surface area contributed by atoms with E-state index in [1.807, 2.05) is 13.8 Å². The van der Waals surface area contributed by atoms with Gasteiger partial charge in [-0.3, -0.25) is 9.59 Å². The molecule has 1 aromatic rings. The zero-order chi connectivity index (χ0) is 14.4. The van der Waals surface area contributed by atoms with Gasteiger partial charge in [-0.25, -0.2) is 0 Å². The number of nitrogens with zero attached hydrogens (tertiary/aromatic N) is 1. The summed E-state index contributed by atoms with van der Waals surface area (Å²) in [5, 5.41) is 2.79. The minimum atomic E-state index is -0.160. The number of nitrogens with one attached hydrogen (secondary N) is 1. The Labute approximate surface area is 122 Å². The Bertz CT molecular complexity index is 443. The number of hydrogen-bond donors (Lipinski definition) is 1. The summed E-state index contributed by atoms with van der Waals surface area (Å²) in [6.45, 7) is 4.74. The van der Waals surface area contributed by atoms with Crippen molar-refractivity contribution in [2.75, 3.05) is 20.1 Å². The average Bonchev–Trinajstić information content (AvgIpc) is 2.36. The number of benzene rings is 1. The Hall–Kier alpha value is -1.36. The maximum Gasteiger partial charge on any atom is 0.254 e. The Balaban J connectivity index is 2.53. The SMILES string of the molecule is CC(C)CNC(=O)CN(C)C(=O)c1ccc(Br)cc1. The fourth-order valence-corrected chi connectivity index (χ4v) is 1.74. The smallest absolute Gasteiger partial charge is 0.254 e. The third kappa shape index (κ3) is 5.42. The molecule has 0 bridgehead atoms. The summed E-state index contributed by atoms with van der Waals surface area (Å²) >= 11 is 3.32. The quantitative estimate of drug-likeness (QED) is 0.902. The molecule has 104 valence electrons. The summed E-state index contributed by atoms with van der Waals surface area (Å²) in [6, 6.07) is 7.07. The van der Waals surface area contributed by atoms with Crippen molar-refractivity contribution in [3.05, 3.63) is 34.3 Å². The molecule has 2 amide bonds. The highest BCUT2D eigenvalue weighted by atomic mass is 79.9. The number of carbonyl (C=O) groups excluding carboxylic acids is 2. The van der Waals surface area contributed by atoms with E-state index in [9.17, 15) is 9.59 Å². The van der Waals surface area contributed by atoms with E-state index in [2.05, 4.69) is 21.2 Å². The first-order valence-corrected chi connectivity index (χ1v) is 6.97. The first-order valence-electron chi connectivity index (χ1n) is 6.18. The van der Waals surface area contributed by atoms with E-state index >= 15 is 0 Å². The van der Waals surface area contributed by atoms with Gasteiger partial charge in [0.05, 0.1) is 6.54 Å². The molecule has 0 fully saturated rings. The topological polar surface area (TPSA) is 49.4 Å². The first kappa shape index (κ1) is 15.7. The lowest BCUT2D eigenvalue weighted by atomic mass is 10.2. The Morgan fingerprint density at radius 2 is 1.84 bits per heavy atom. The molecule has 0 unspecified atom stereocenters. The predicted molar refractivity (Wildman–Crippen MR) is 79.0 cm³/mol. The van der Waals surface area contributed by atoms with Crippen molar-refractivity contribution >= 4 is 27.7 Å². The van der Waals surface area contributed by atoms with Gasteiger partial charge < -0.3 is 10.2 Å². The van der Waals surface area contributed by atoms with E-state index in [4.69, 9.17) is 0 Å². The van der Waals surface area contributed by atoms with Crippen LogP contribution in [-0.4, -0.2) is 36.9 Å². The van der Waals surface area contributed by atoms with Crippen molar-refractivity contribution in [2.45, 2.75) is 13.8 Å². The molecule has 1 aromatic carbocycles. The molecule has 0 aliphatic carbocycles. The van der Waals surface area contributed by atoms with E-state index < -0.39 is 0 Å². The van der Waals surface area contributed by atoms with Crippen molar-refractivity contribution in [2.24, 2.45) is 5.92 Å². The lowest BCUT2D eigenvalue weighted by molar-refractivity contribution is -0.121. The second-order valence-corrected chi connectivity index (χ2v) is 5.78. The fourth-order valence-electron chi connectivity index (χ4n) is 1.47. The Morgan fingerprint density at radius 3 is 2.37 bits per heavy atom. The maximum atomic E-state index is 12.1. The van der Waals surface area contributed by atoms with Crippen LogP contribution < -0.4 is 5.32 Å². The van der Waals surface area contributed by atoms with Gasteiger partial charge in [0.2, 0.25) is 5.91 Å². The monoisotopic (exact) mass is 326 g/mol. The number of rotatable bonds is 5. The van der Waals surface area contributed by atoms with E-state index in [0.29, 0.717) is 18.0 Å². The molecule has 5 heteroatoms. The van der Waals surface area contributed by atoms with Crippen LogP contribution in [0, 0.1) is 5.92 Å². The molecule has 1 rings (SSSR count). The lowest BCUT2D eigenvalue weighted by Crippen LogP contribution is -2.39. The fraction of sp³-hybridized carbons (Fsp3) is 0.429. The van der Waals surface area contributed by atoms with Crippen LogP contribution in [0.1, 0.15) is 24.2 Å². The summed E-state index contributed by atoms with van der Waals surface area (Å²) in [4.78, 5) is 25.1. The number of likely N-dealkylation sites (N-methyl/N-ethyl adjacent to an activating group) is 1. The van der Waals surface area contributed by atoms with Crippen LogP contribution in [-0.2, 0) is 4.79 Å². The Morgan fingerprint density at radius 1 is 1.26 bits per heavy atom. The maximum absolute atomic E-state index is 12.1. The highest BCUT2D eigenvalue weighted by Gasteiger charge is 2.14. The van der Waals surface area contributed by atoms with Crippen molar-refractivity contribution < 1.29 is 9.59 Å². The van der Waals surface area contributed by atoms with Crippen LogP contribution in [0.2, 0.25) is 0 Å². The summed E-state index contributed by atoms with van der Waals surface area (Å²) in [5.41, 5.74) is 0.572. The van der Waals surface area contributed by atoms with Crippen LogP contribution in [0.25, 0.3) is 0 Å². The van der Waals surface area contributed by atoms with Gasteiger partial charge in [-0.15, -0.1) is 0 Å². The standard InChI is InChI=1S/C14H19BrN2O2/c1-10(2)8-16-13(18)9-17(3)14(19)11-4-6-12(15)7-5-11/h4-7,10H,8-9H2,1-3H3,(H,16,18). The molecular formula is C14H19BrN2O2. The molecule has 0 aromatic heterocycles. The first-order chi connectivity index (χ1) is 8.90. The van der Waals surface area contributed by atoms with E-state index in [-0.39, 0.29) is 18.4 Å². The predicted octanol–water partition coefficient (Wildman–Crippen LogP) is 2.29. The van der Waals surface area contributed by atoms with E-state index in [1.54, 1.807) is 31.3 Å². The van der Waals surface area contributed by atoms with Crippen molar-refractivity contribution in [1.82, 2.24) is 10.2 Å². The molecule has 0 atom stereocenters. The van der Waals surface area contributed by atoms with Gasteiger partial charge in [0.1, 0.15) is 0 Å². The van der Waals surface area contributed by atoms with Gasteiger partial charge in [0, 0.05) is 23.6 Å².